The topological polar surface area (TPSA) is 114 Å². The minimum atomic E-state index is -1.60. The predicted octanol–water partition coefficient (Wildman–Crippen LogP) is 3.69. The number of aryl methyl sites for hydroxylation is 1. The van der Waals surface area contributed by atoms with Crippen molar-refractivity contribution in [3.05, 3.63) is 52.4 Å². The first-order valence-corrected chi connectivity index (χ1v) is 13.5. The van der Waals surface area contributed by atoms with E-state index in [0.717, 1.165) is 73.9 Å². The zero-order valence-corrected chi connectivity index (χ0v) is 21.0. The second kappa shape index (κ2) is 9.62. The molecule has 0 radical (unpaired) electrons. The Balaban J connectivity index is 1.17. The largest absolute Gasteiger partial charge is 0.371 e. The van der Waals surface area contributed by atoms with Crippen LogP contribution >= 0.6 is 0 Å². The van der Waals surface area contributed by atoms with Crippen molar-refractivity contribution >= 4 is 45.5 Å². The van der Waals surface area contributed by atoms with Crippen LogP contribution in [-0.2, 0) is 15.6 Å². The Hall–Kier alpha value is -3.31. The van der Waals surface area contributed by atoms with Gasteiger partial charge in [-0.3, -0.25) is 9.36 Å². The molecule has 1 unspecified atom stereocenters. The van der Waals surface area contributed by atoms with Gasteiger partial charge in [0, 0.05) is 54.1 Å². The van der Waals surface area contributed by atoms with Gasteiger partial charge in [0.15, 0.2) is 0 Å². The van der Waals surface area contributed by atoms with Gasteiger partial charge in [-0.25, -0.2) is 14.7 Å². The number of nitrogens with zero attached hydrogens (tertiary/aromatic N) is 5. The molecule has 1 saturated heterocycles. The van der Waals surface area contributed by atoms with E-state index in [1.165, 1.54) is 0 Å². The summed E-state index contributed by atoms with van der Waals surface area (Å²) in [5, 5.41) is 4.23. The van der Waals surface area contributed by atoms with Crippen molar-refractivity contribution in [3.63, 3.8) is 0 Å². The molecule has 1 aliphatic carbocycles. The number of aromatic nitrogens is 3. The quantitative estimate of drug-likeness (QED) is 0.538. The van der Waals surface area contributed by atoms with Gasteiger partial charge in [-0.15, -0.1) is 4.40 Å². The number of amidine groups is 1. The van der Waals surface area contributed by atoms with Gasteiger partial charge in [0.1, 0.15) is 11.5 Å². The summed E-state index contributed by atoms with van der Waals surface area (Å²) in [7, 11) is 0. The molecule has 1 aromatic carbocycles. The van der Waals surface area contributed by atoms with Gasteiger partial charge in [0.05, 0.1) is 0 Å². The Morgan fingerprint density at radius 2 is 1.86 bits per heavy atom. The molecule has 2 aromatic heterocycles. The molecule has 1 saturated carbocycles. The standard InChI is InChI=1S/C25H29N7O3S/c1-16-14-22(33)32(20-4-2-3-5-20)24-21(16)15-26-25(28-24)27-18-6-8-19(9-7-18)31-12-10-17(11-13-31)23-29-35-36(34)30-23/h6-9,14-15,17,20H,2-5,10-13H2,1H3,(H,29,30)(H,26,27,28). The summed E-state index contributed by atoms with van der Waals surface area (Å²) in [5.74, 6) is 1.41. The Morgan fingerprint density at radius 1 is 1.11 bits per heavy atom. The maximum Gasteiger partial charge on any atom is 0.309 e. The fraction of sp³-hybridized carbons (Fsp3) is 0.440. The molecule has 188 valence electrons. The highest BCUT2D eigenvalue weighted by molar-refractivity contribution is 7.79. The number of piperidine rings is 1. The van der Waals surface area contributed by atoms with E-state index in [0.29, 0.717) is 17.4 Å². The molecule has 36 heavy (non-hydrogen) atoms. The SMILES string of the molecule is Cc1cc(=O)n(C2CCCC2)c2nc(Nc3ccc(N4CCC(C5=NS(=O)ON5)CC4)cc3)ncc12. The van der Waals surface area contributed by atoms with E-state index in [2.05, 4.69) is 37.2 Å². The second-order valence-corrected chi connectivity index (χ2v) is 10.5. The molecule has 2 aliphatic heterocycles. The molecule has 10 nitrogen and oxygen atoms in total. The Bertz CT molecular complexity index is 1390. The number of nitrogens with one attached hydrogen (secondary N) is 2. The number of fused-ring (bicyclic) bond motifs is 1. The molecule has 11 heteroatoms. The molecule has 3 aromatic rings. The number of hydroxylamine groups is 1. The van der Waals surface area contributed by atoms with E-state index < -0.39 is 11.3 Å². The van der Waals surface area contributed by atoms with Gasteiger partial charge in [-0.2, -0.15) is 9.27 Å². The predicted molar refractivity (Wildman–Crippen MR) is 140 cm³/mol. The average molecular weight is 508 g/mol. The van der Waals surface area contributed by atoms with E-state index in [9.17, 15) is 9.00 Å². The molecule has 2 N–H and O–H groups in total. The zero-order chi connectivity index (χ0) is 24.6. The lowest BCUT2D eigenvalue weighted by Crippen LogP contribution is -2.39. The highest BCUT2D eigenvalue weighted by Gasteiger charge is 2.28. The number of anilines is 3. The van der Waals surface area contributed by atoms with Crippen LogP contribution in [0.4, 0.5) is 17.3 Å². The van der Waals surface area contributed by atoms with Crippen LogP contribution in [0.3, 0.4) is 0 Å². The monoisotopic (exact) mass is 507 g/mol. The van der Waals surface area contributed by atoms with Crippen molar-refractivity contribution in [2.75, 3.05) is 23.3 Å². The highest BCUT2D eigenvalue weighted by atomic mass is 32.2. The Kier molecular flexibility index (Phi) is 6.18. The van der Waals surface area contributed by atoms with Gasteiger partial charge < -0.3 is 10.2 Å². The van der Waals surface area contributed by atoms with E-state index in [1.54, 1.807) is 6.07 Å². The Morgan fingerprint density at radius 3 is 2.56 bits per heavy atom. The molecule has 3 aliphatic rings. The first kappa shape index (κ1) is 23.1. The molecule has 0 spiro atoms. The Labute approximate surface area is 211 Å². The van der Waals surface area contributed by atoms with E-state index in [4.69, 9.17) is 9.27 Å². The summed E-state index contributed by atoms with van der Waals surface area (Å²) >= 11 is -1.60. The van der Waals surface area contributed by atoms with Crippen LogP contribution in [0.2, 0.25) is 0 Å². The number of hydrogen-bond acceptors (Lipinski definition) is 8. The van der Waals surface area contributed by atoms with Gasteiger partial charge in [0.2, 0.25) is 5.95 Å². The van der Waals surface area contributed by atoms with Crippen LogP contribution in [-0.4, -0.2) is 37.7 Å². The highest BCUT2D eigenvalue weighted by Crippen LogP contribution is 2.31. The molecule has 4 heterocycles. The normalized spacial score (nSPS) is 21.1. The summed E-state index contributed by atoms with van der Waals surface area (Å²) in [6, 6.07) is 10.1. The number of benzene rings is 1. The van der Waals surface area contributed by atoms with Gasteiger partial charge in [-0.1, -0.05) is 12.8 Å². The summed E-state index contributed by atoms with van der Waals surface area (Å²) in [6.07, 6.45) is 7.97. The van der Waals surface area contributed by atoms with E-state index in [1.807, 2.05) is 29.8 Å². The van der Waals surface area contributed by atoms with Crippen LogP contribution in [0.15, 0.2) is 45.7 Å². The van der Waals surface area contributed by atoms with Crippen molar-refractivity contribution in [1.29, 1.82) is 0 Å². The van der Waals surface area contributed by atoms with Crippen molar-refractivity contribution < 1.29 is 8.49 Å². The number of hydrogen-bond donors (Lipinski definition) is 2. The molecular weight excluding hydrogens is 478 g/mol. The average Bonchev–Trinajstić information content (AvgIpc) is 3.57. The third-order valence-corrected chi connectivity index (χ3v) is 8.02. The summed E-state index contributed by atoms with van der Waals surface area (Å²) in [4.78, 5) is 24.5. The molecule has 6 rings (SSSR count). The van der Waals surface area contributed by atoms with Crippen molar-refractivity contribution in [1.82, 2.24) is 20.0 Å². The first-order valence-electron chi connectivity index (χ1n) is 12.5. The van der Waals surface area contributed by atoms with Gasteiger partial charge in [-0.05, 0) is 62.4 Å². The smallest absolute Gasteiger partial charge is 0.309 e. The van der Waals surface area contributed by atoms with Crippen LogP contribution < -0.4 is 21.3 Å². The number of rotatable bonds is 5. The van der Waals surface area contributed by atoms with Crippen molar-refractivity contribution in [2.24, 2.45) is 10.3 Å². The van der Waals surface area contributed by atoms with Crippen molar-refractivity contribution in [3.8, 4) is 0 Å². The fourth-order valence-corrected chi connectivity index (χ4v) is 6.04. The van der Waals surface area contributed by atoms with Crippen LogP contribution in [0.25, 0.3) is 11.0 Å². The van der Waals surface area contributed by atoms with Crippen LogP contribution in [0, 0.1) is 12.8 Å². The van der Waals surface area contributed by atoms with Crippen LogP contribution in [0.5, 0.6) is 0 Å². The molecule has 0 bridgehead atoms. The minimum Gasteiger partial charge on any atom is -0.371 e. The first-order chi connectivity index (χ1) is 17.5. The van der Waals surface area contributed by atoms with E-state index >= 15 is 0 Å². The third kappa shape index (κ3) is 4.48. The summed E-state index contributed by atoms with van der Waals surface area (Å²) < 4.78 is 22.0. The van der Waals surface area contributed by atoms with Crippen molar-refractivity contribution in [2.45, 2.75) is 51.5 Å². The fourth-order valence-electron chi connectivity index (χ4n) is 5.50. The summed E-state index contributed by atoms with van der Waals surface area (Å²) in [6.45, 7) is 3.71. The number of pyridine rings is 1. The lowest BCUT2D eigenvalue weighted by atomic mass is 9.95. The van der Waals surface area contributed by atoms with Gasteiger partial charge >= 0.3 is 11.3 Å². The molecule has 2 fully saturated rings. The second-order valence-electron chi connectivity index (χ2n) is 9.72. The third-order valence-electron chi connectivity index (χ3n) is 7.45. The molecule has 0 amide bonds. The zero-order valence-electron chi connectivity index (χ0n) is 20.1. The lowest BCUT2D eigenvalue weighted by Gasteiger charge is -2.33. The van der Waals surface area contributed by atoms with E-state index in [-0.39, 0.29) is 17.5 Å². The summed E-state index contributed by atoms with van der Waals surface area (Å²) in [5.41, 5.74) is 6.35. The van der Waals surface area contributed by atoms with Crippen LogP contribution in [0.1, 0.15) is 50.1 Å². The maximum absolute atomic E-state index is 12.9. The molecular formula is C25H29N7O3S. The minimum absolute atomic E-state index is 0.0150. The maximum atomic E-state index is 12.9. The molecule has 1 atom stereocenters. The van der Waals surface area contributed by atoms with Gasteiger partial charge in [0.25, 0.3) is 5.56 Å². The lowest BCUT2D eigenvalue weighted by molar-refractivity contribution is 0.294.